The van der Waals surface area contributed by atoms with E-state index in [1.165, 1.54) is 0 Å². The van der Waals surface area contributed by atoms with Gasteiger partial charge in [-0.1, -0.05) is 43.0 Å². The highest BCUT2D eigenvalue weighted by molar-refractivity contribution is 5.57. The second kappa shape index (κ2) is 5.92. The van der Waals surface area contributed by atoms with E-state index in [9.17, 15) is 0 Å². The van der Waals surface area contributed by atoms with Crippen molar-refractivity contribution in [3.63, 3.8) is 0 Å². The van der Waals surface area contributed by atoms with Gasteiger partial charge < -0.3 is 9.47 Å². The topological polar surface area (TPSA) is 18.5 Å². The zero-order valence-corrected chi connectivity index (χ0v) is 10.4. The molecule has 0 aromatic heterocycles. The highest BCUT2D eigenvalue weighted by Gasteiger charge is 2.03. The van der Waals surface area contributed by atoms with E-state index in [-0.39, 0.29) is 0 Å². The molecule has 2 aromatic rings. The minimum absolute atomic E-state index is 0.537. The van der Waals surface area contributed by atoms with Crippen LogP contribution in [0.25, 0.3) is 6.08 Å². The van der Waals surface area contributed by atoms with E-state index in [0.717, 1.165) is 22.6 Å². The number of methoxy groups -OCH3 is 1. The molecule has 0 spiro atoms. The lowest BCUT2D eigenvalue weighted by Crippen LogP contribution is -1.97. The monoisotopic (exact) mass is 240 g/mol. The SMILES string of the molecule is C=Cc1ccc(OC)cc1OCc1ccccc1. The summed E-state index contributed by atoms with van der Waals surface area (Å²) in [4.78, 5) is 0. The van der Waals surface area contributed by atoms with Crippen LogP contribution in [0.1, 0.15) is 11.1 Å². The normalized spacial score (nSPS) is 9.83. The lowest BCUT2D eigenvalue weighted by atomic mass is 10.2. The first kappa shape index (κ1) is 12.2. The zero-order chi connectivity index (χ0) is 12.8. The van der Waals surface area contributed by atoms with Crippen LogP contribution in [0.2, 0.25) is 0 Å². The Bertz CT molecular complexity index is 518. The predicted molar refractivity (Wildman–Crippen MR) is 73.9 cm³/mol. The molecular formula is C16H16O2. The van der Waals surface area contributed by atoms with Gasteiger partial charge in [0.1, 0.15) is 18.1 Å². The fraction of sp³-hybridized carbons (Fsp3) is 0.125. The van der Waals surface area contributed by atoms with Crippen LogP contribution in [0, 0.1) is 0 Å². The first-order valence-electron chi connectivity index (χ1n) is 5.80. The standard InChI is InChI=1S/C16H16O2/c1-3-14-9-10-15(17-2)11-16(14)18-12-13-7-5-4-6-8-13/h3-11H,1,12H2,2H3. The summed E-state index contributed by atoms with van der Waals surface area (Å²) in [6.07, 6.45) is 1.78. The maximum absolute atomic E-state index is 5.81. The Kier molecular flexibility index (Phi) is 4.02. The maximum atomic E-state index is 5.81. The number of benzene rings is 2. The van der Waals surface area contributed by atoms with Gasteiger partial charge in [-0.2, -0.15) is 0 Å². The molecule has 0 aliphatic heterocycles. The van der Waals surface area contributed by atoms with Crippen molar-refractivity contribution < 1.29 is 9.47 Å². The van der Waals surface area contributed by atoms with E-state index >= 15 is 0 Å². The molecule has 0 amide bonds. The van der Waals surface area contributed by atoms with Gasteiger partial charge in [-0.15, -0.1) is 0 Å². The fourth-order valence-corrected chi connectivity index (χ4v) is 1.67. The molecule has 0 saturated heterocycles. The van der Waals surface area contributed by atoms with Gasteiger partial charge in [0.15, 0.2) is 0 Å². The molecule has 2 nitrogen and oxygen atoms in total. The van der Waals surface area contributed by atoms with Crippen LogP contribution in [0.5, 0.6) is 11.5 Å². The molecular weight excluding hydrogens is 224 g/mol. The van der Waals surface area contributed by atoms with Gasteiger partial charge in [0, 0.05) is 11.6 Å². The number of hydrogen-bond donors (Lipinski definition) is 0. The minimum Gasteiger partial charge on any atom is -0.497 e. The molecule has 0 atom stereocenters. The highest BCUT2D eigenvalue weighted by Crippen LogP contribution is 2.26. The Labute approximate surface area is 107 Å². The van der Waals surface area contributed by atoms with Crippen molar-refractivity contribution in [1.29, 1.82) is 0 Å². The van der Waals surface area contributed by atoms with Gasteiger partial charge in [-0.3, -0.25) is 0 Å². The van der Waals surface area contributed by atoms with Crippen molar-refractivity contribution in [3.8, 4) is 11.5 Å². The molecule has 0 aliphatic carbocycles. The Hall–Kier alpha value is -2.22. The molecule has 0 fully saturated rings. The summed E-state index contributed by atoms with van der Waals surface area (Å²) in [6, 6.07) is 15.8. The van der Waals surface area contributed by atoms with Gasteiger partial charge in [-0.05, 0) is 17.7 Å². The van der Waals surface area contributed by atoms with Crippen LogP contribution in [0.4, 0.5) is 0 Å². The molecule has 0 N–H and O–H groups in total. The number of rotatable bonds is 5. The molecule has 0 heterocycles. The van der Waals surface area contributed by atoms with Crippen LogP contribution >= 0.6 is 0 Å². The van der Waals surface area contributed by atoms with Crippen molar-refractivity contribution in [2.45, 2.75) is 6.61 Å². The van der Waals surface area contributed by atoms with Crippen LogP contribution in [0.15, 0.2) is 55.1 Å². The lowest BCUT2D eigenvalue weighted by molar-refractivity contribution is 0.303. The fourth-order valence-electron chi connectivity index (χ4n) is 1.67. The van der Waals surface area contributed by atoms with Gasteiger partial charge in [0.2, 0.25) is 0 Å². The molecule has 0 radical (unpaired) electrons. The molecule has 2 rings (SSSR count). The summed E-state index contributed by atoms with van der Waals surface area (Å²) < 4.78 is 11.0. The van der Waals surface area contributed by atoms with Crippen LogP contribution in [0.3, 0.4) is 0 Å². The van der Waals surface area contributed by atoms with E-state index in [2.05, 4.69) is 6.58 Å². The van der Waals surface area contributed by atoms with E-state index < -0.39 is 0 Å². The first-order valence-corrected chi connectivity index (χ1v) is 5.80. The Morgan fingerprint density at radius 3 is 2.56 bits per heavy atom. The lowest BCUT2D eigenvalue weighted by Gasteiger charge is -2.11. The molecule has 2 heteroatoms. The van der Waals surface area contributed by atoms with Gasteiger partial charge >= 0.3 is 0 Å². The molecule has 0 aliphatic rings. The Balaban J connectivity index is 2.15. The summed E-state index contributed by atoms with van der Waals surface area (Å²) in [5.41, 5.74) is 2.10. The van der Waals surface area contributed by atoms with E-state index in [1.807, 2.05) is 48.5 Å². The largest absolute Gasteiger partial charge is 0.497 e. The predicted octanol–water partition coefficient (Wildman–Crippen LogP) is 3.92. The van der Waals surface area contributed by atoms with Gasteiger partial charge in [0.25, 0.3) is 0 Å². The highest BCUT2D eigenvalue weighted by atomic mass is 16.5. The smallest absolute Gasteiger partial charge is 0.130 e. The quantitative estimate of drug-likeness (QED) is 0.788. The third kappa shape index (κ3) is 2.92. The summed E-state index contributed by atoms with van der Waals surface area (Å²) >= 11 is 0. The van der Waals surface area contributed by atoms with E-state index in [0.29, 0.717) is 6.61 Å². The number of ether oxygens (including phenoxy) is 2. The maximum Gasteiger partial charge on any atom is 0.130 e. The second-order valence-corrected chi connectivity index (χ2v) is 3.88. The summed E-state index contributed by atoms with van der Waals surface area (Å²) in [5.74, 6) is 1.57. The average molecular weight is 240 g/mol. The van der Waals surface area contributed by atoms with Crippen LogP contribution < -0.4 is 9.47 Å². The Morgan fingerprint density at radius 1 is 1.11 bits per heavy atom. The summed E-state index contributed by atoms with van der Waals surface area (Å²) in [7, 11) is 1.64. The second-order valence-electron chi connectivity index (χ2n) is 3.88. The molecule has 18 heavy (non-hydrogen) atoms. The van der Waals surface area contributed by atoms with Gasteiger partial charge in [-0.25, -0.2) is 0 Å². The average Bonchev–Trinajstić information content (AvgIpc) is 2.45. The van der Waals surface area contributed by atoms with Crippen molar-refractivity contribution in [1.82, 2.24) is 0 Å². The third-order valence-corrected chi connectivity index (χ3v) is 2.68. The van der Waals surface area contributed by atoms with Gasteiger partial charge in [0.05, 0.1) is 7.11 Å². The first-order chi connectivity index (χ1) is 8.83. The molecule has 92 valence electrons. The van der Waals surface area contributed by atoms with Crippen LogP contribution in [-0.4, -0.2) is 7.11 Å². The third-order valence-electron chi connectivity index (χ3n) is 2.68. The van der Waals surface area contributed by atoms with Crippen LogP contribution in [-0.2, 0) is 6.61 Å². The van der Waals surface area contributed by atoms with Crippen molar-refractivity contribution in [3.05, 3.63) is 66.2 Å². The molecule has 0 saturated carbocycles. The minimum atomic E-state index is 0.537. The van der Waals surface area contributed by atoms with Crippen molar-refractivity contribution in [2.75, 3.05) is 7.11 Å². The number of hydrogen-bond acceptors (Lipinski definition) is 2. The Morgan fingerprint density at radius 2 is 1.89 bits per heavy atom. The zero-order valence-electron chi connectivity index (χ0n) is 10.4. The molecule has 0 unspecified atom stereocenters. The summed E-state index contributed by atoms with van der Waals surface area (Å²) in [6.45, 7) is 4.32. The molecule has 2 aromatic carbocycles. The molecule has 0 bridgehead atoms. The summed E-state index contributed by atoms with van der Waals surface area (Å²) in [5, 5.41) is 0. The van der Waals surface area contributed by atoms with E-state index in [1.54, 1.807) is 13.2 Å². The van der Waals surface area contributed by atoms with Crippen molar-refractivity contribution in [2.24, 2.45) is 0 Å². The van der Waals surface area contributed by atoms with Crippen molar-refractivity contribution >= 4 is 6.08 Å². The van der Waals surface area contributed by atoms with E-state index in [4.69, 9.17) is 9.47 Å².